The molecule has 29 heavy (non-hydrogen) atoms. The first-order valence-electron chi connectivity index (χ1n) is 9.66. The van der Waals surface area contributed by atoms with Gasteiger partial charge in [0.15, 0.2) is 5.96 Å². The Kier molecular flexibility index (Phi) is 7.40. The number of hydrogen-bond donors (Lipinski definition) is 3. The first kappa shape index (κ1) is 20.1. The highest BCUT2D eigenvalue weighted by Crippen LogP contribution is 2.11. The second-order valence-electron chi connectivity index (χ2n) is 6.44. The molecule has 0 aliphatic carbocycles. The minimum Gasteiger partial charge on any atom is -0.357 e. The Morgan fingerprint density at radius 2 is 1.76 bits per heavy atom. The van der Waals surface area contributed by atoms with Gasteiger partial charge in [0, 0.05) is 24.6 Å². The van der Waals surface area contributed by atoms with Crippen molar-refractivity contribution >= 4 is 17.6 Å². The topological polar surface area (TPSA) is 83.3 Å². The SMILES string of the molecule is CCNC(=NCc1ccccc1Cn1cccn1)NCC(=O)Nc1ccccc1. The standard InChI is InChI=1S/C22H26N6O/c1-2-23-22(25-16-21(29)27-20-11-4-3-5-12-20)24-15-18-9-6-7-10-19(18)17-28-14-8-13-26-28/h3-14H,2,15-17H2,1H3,(H,27,29)(H2,23,24,25). The third-order valence-electron chi connectivity index (χ3n) is 4.24. The van der Waals surface area contributed by atoms with Crippen molar-refractivity contribution in [3.05, 3.63) is 84.2 Å². The number of benzene rings is 2. The molecule has 7 heteroatoms. The number of amides is 1. The Balaban J connectivity index is 1.60. The maximum atomic E-state index is 12.2. The second-order valence-corrected chi connectivity index (χ2v) is 6.44. The molecule has 2 aromatic carbocycles. The van der Waals surface area contributed by atoms with Crippen LogP contribution in [0.1, 0.15) is 18.1 Å². The van der Waals surface area contributed by atoms with Crippen LogP contribution in [0.2, 0.25) is 0 Å². The van der Waals surface area contributed by atoms with E-state index in [0.717, 1.165) is 16.8 Å². The van der Waals surface area contributed by atoms with E-state index >= 15 is 0 Å². The Labute approximate surface area is 170 Å². The molecule has 0 spiro atoms. The van der Waals surface area contributed by atoms with E-state index in [2.05, 4.69) is 38.2 Å². The van der Waals surface area contributed by atoms with Crippen molar-refractivity contribution in [1.29, 1.82) is 0 Å². The molecule has 0 aliphatic heterocycles. The van der Waals surface area contributed by atoms with E-state index in [0.29, 0.717) is 25.6 Å². The smallest absolute Gasteiger partial charge is 0.243 e. The van der Waals surface area contributed by atoms with Gasteiger partial charge in [-0.3, -0.25) is 9.48 Å². The van der Waals surface area contributed by atoms with E-state index in [4.69, 9.17) is 0 Å². The number of guanidine groups is 1. The molecule has 0 aliphatic rings. The first-order valence-corrected chi connectivity index (χ1v) is 9.66. The van der Waals surface area contributed by atoms with Crippen LogP contribution >= 0.6 is 0 Å². The zero-order valence-electron chi connectivity index (χ0n) is 16.5. The molecule has 0 atom stereocenters. The van der Waals surface area contributed by atoms with Gasteiger partial charge in [0.1, 0.15) is 0 Å². The van der Waals surface area contributed by atoms with Gasteiger partial charge in [-0.25, -0.2) is 4.99 Å². The molecular weight excluding hydrogens is 364 g/mol. The molecular formula is C22H26N6O. The minimum absolute atomic E-state index is 0.124. The number of carbonyl (C=O) groups excluding carboxylic acids is 1. The van der Waals surface area contributed by atoms with Gasteiger partial charge < -0.3 is 16.0 Å². The summed E-state index contributed by atoms with van der Waals surface area (Å²) in [6.07, 6.45) is 3.71. The Bertz CT molecular complexity index is 921. The van der Waals surface area contributed by atoms with Crippen LogP contribution in [0.3, 0.4) is 0 Å². The van der Waals surface area contributed by atoms with Gasteiger partial charge in [-0.1, -0.05) is 42.5 Å². The Morgan fingerprint density at radius 1 is 1.00 bits per heavy atom. The van der Waals surface area contributed by atoms with Gasteiger partial charge in [-0.2, -0.15) is 5.10 Å². The number of hydrogen-bond acceptors (Lipinski definition) is 3. The van der Waals surface area contributed by atoms with Crippen LogP contribution in [-0.4, -0.2) is 34.7 Å². The van der Waals surface area contributed by atoms with E-state index in [1.165, 1.54) is 0 Å². The summed E-state index contributed by atoms with van der Waals surface area (Å²) in [6.45, 7) is 4.04. The number of carbonyl (C=O) groups is 1. The average Bonchev–Trinajstić information content (AvgIpc) is 3.25. The maximum Gasteiger partial charge on any atom is 0.243 e. The fraction of sp³-hybridized carbons (Fsp3) is 0.227. The van der Waals surface area contributed by atoms with Crippen molar-refractivity contribution in [2.75, 3.05) is 18.4 Å². The summed E-state index contributed by atoms with van der Waals surface area (Å²) in [4.78, 5) is 16.8. The number of anilines is 1. The fourth-order valence-corrected chi connectivity index (χ4v) is 2.83. The van der Waals surface area contributed by atoms with Crippen LogP contribution in [0, 0.1) is 0 Å². The third kappa shape index (κ3) is 6.49. The highest BCUT2D eigenvalue weighted by atomic mass is 16.1. The summed E-state index contributed by atoms with van der Waals surface area (Å²) in [5.41, 5.74) is 3.06. The number of rotatable bonds is 8. The third-order valence-corrected chi connectivity index (χ3v) is 4.24. The lowest BCUT2D eigenvalue weighted by Gasteiger charge is -2.13. The molecule has 0 fully saturated rings. The highest BCUT2D eigenvalue weighted by molar-refractivity contribution is 5.94. The van der Waals surface area contributed by atoms with Crippen molar-refractivity contribution in [2.45, 2.75) is 20.0 Å². The molecule has 0 unspecified atom stereocenters. The molecule has 3 rings (SSSR count). The Morgan fingerprint density at radius 3 is 2.48 bits per heavy atom. The summed E-state index contributed by atoms with van der Waals surface area (Å²) >= 11 is 0. The molecule has 1 amide bonds. The second kappa shape index (κ2) is 10.7. The van der Waals surface area contributed by atoms with Crippen LogP contribution < -0.4 is 16.0 Å². The van der Waals surface area contributed by atoms with Crippen LogP contribution in [-0.2, 0) is 17.9 Å². The monoisotopic (exact) mass is 390 g/mol. The molecule has 0 radical (unpaired) electrons. The van der Waals surface area contributed by atoms with Crippen molar-refractivity contribution in [3.8, 4) is 0 Å². The van der Waals surface area contributed by atoms with Gasteiger partial charge >= 0.3 is 0 Å². The van der Waals surface area contributed by atoms with Crippen molar-refractivity contribution < 1.29 is 4.79 Å². The number of nitrogens with one attached hydrogen (secondary N) is 3. The molecule has 3 N–H and O–H groups in total. The van der Waals surface area contributed by atoms with Gasteiger partial charge in [0.25, 0.3) is 0 Å². The maximum absolute atomic E-state index is 12.2. The van der Waals surface area contributed by atoms with Crippen LogP contribution in [0.4, 0.5) is 5.69 Å². The molecule has 0 saturated heterocycles. The summed E-state index contributed by atoms with van der Waals surface area (Å²) in [6, 6.07) is 19.5. The van der Waals surface area contributed by atoms with Gasteiger partial charge in [-0.05, 0) is 36.2 Å². The summed E-state index contributed by atoms with van der Waals surface area (Å²) < 4.78 is 1.89. The number of para-hydroxylation sites is 1. The molecule has 7 nitrogen and oxygen atoms in total. The van der Waals surface area contributed by atoms with E-state index in [1.54, 1.807) is 6.20 Å². The van der Waals surface area contributed by atoms with Crippen LogP contribution in [0.5, 0.6) is 0 Å². The van der Waals surface area contributed by atoms with Gasteiger partial charge in [0.05, 0.1) is 19.6 Å². The van der Waals surface area contributed by atoms with Gasteiger partial charge in [-0.15, -0.1) is 0 Å². The highest BCUT2D eigenvalue weighted by Gasteiger charge is 2.06. The lowest BCUT2D eigenvalue weighted by molar-refractivity contribution is -0.115. The van der Waals surface area contributed by atoms with E-state index < -0.39 is 0 Å². The van der Waals surface area contributed by atoms with Crippen molar-refractivity contribution in [2.24, 2.45) is 4.99 Å². The lowest BCUT2D eigenvalue weighted by atomic mass is 10.1. The van der Waals surface area contributed by atoms with E-state index in [1.807, 2.05) is 66.3 Å². The minimum atomic E-state index is -0.124. The molecule has 0 bridgehead atoms. The van der Waals surface area contributed by atoms with E-state index in [-0.39, 0.29) is 12.5 Å². The quantitative estimate of drug-likeness (QED) is 0.408. The number of nitrogens with zero attached hydrogens (tertiary/aromatic N) is 3. The molecule has 1 heterocycles. The van der Waals surface area contributed by atoms with Crippen molar-refractivity contribution in [3.63, 3.8) is 0 Å². The summed E-state index contributed by atoms with van der Waals surface area (Å²) in [5, 5.41) is 13.4. The molecule has 1 aromatic heterocycles. The molecule has 3 aromatic rings. The largest absolute Gasteiger partial charge is 0.357 e. The molecule has 0 saturated carbocycles. The van der Waals surface area contributed by atoms with Crippen LogP contribution in [0.25, 0.3) is 0 Å². The number of aliphatic imine (C=N–C) groups is 1. The zero-order chi connectivity index (χ0) is 20.3. The van der Waals surface area contributed by atoms with Crippen molar-refractivity contribution in [1.82, 2.24) is 20.4 Å². The predicted molar refractivity (Wildman–Crippen MR) is 116 cm³/mol. The van der Waals surface area contributed by atoms with Gasteiger partial charge in [0.2, 0.25) is 5.91 Å². The normalized spacial score (nSPS) is 11.1. The summed E-state index contributed by atoms with van der Waals surface area (Å²) in [7, 11) is 0. The first-order chi connectivity index (χ1) is 14.2. The Hall–Kier alpha value is -3.61. The van der Waals surface area contributed by atoms with E-state index in [9.17, 15) is 4.79 Å². The predicted octanol–water partition coefficient (Wildman–Crippen LogP) is 2.63. The average molecular weight is 390 g/mol. The van der Waals surface area contributed by atoms with Crippen LogP contribution in [0.15, 0.2) is 78.0 Å². The fourth-order valence-electron chi connectivity index (χ4n) is 2.83. The zero-order valence-corrected chi connectivity index (χ0v) is 16.5. The number of aromatic nitrogens is 2. The summed E-state index contributed by atoms with van der Waals surface area (Å²) in [5.74, 6) is 0.477. The molecule has 150 valence electrons. The lowest BCUT2D eigenvalue weighted by Crippen LogP contribution is -2.41.